The van der Waals surface area contributed by atoms with Gasteiger partial charge in [-0.05, 0) is 30.4 Å². The lowest BCUT2D eigenvalue weighted by atomic mass is 9.94. The molecule has 2 nitrogen and oxygen atoms in total. The highest BCUT2D eigenvalue weighted by atomic mass is 16.3. The van der Waals surface area contributed by atoms with Gasteiger partial charge in [-0.1, -0.05) is 38.1 Å². The second-order valence-corrected chi connectivity index (χ2v) is 4.59. The zero-order valence-corrected chi connectivity index (χ0v) is 10.2. The minimum atomic E-state index is -0.284. The van der Waals surface area contributed by atoms with Gasteiger partial charge in [-0.3, -0.25) is 0 Å². The SMILES string of the molecule is CC(C=O)c1ccc(CC(C)C(C)O)cc1. The number of benzene rings is 1. The van der Waals surface area contributed by atoms with Crippen molar-refractivity contribution in [2.45, 2.75) is 39.2 Å². The molecule has 0 heterocycles. The maximum Gasteiger partial charge on any atom is 0.127 e. The number of aliphatic hydroxyl groups is 1. The Bertz CT molecular complexity index is 327. The first-order chi connectivity index (χ1) is 7.54. The second kappa shape index (κ2) is 5.80. The van der Waals surface area contributed by atoms with Crippen LogP contribution in [0.2, 0.25) is 0 Å². The molecule has 88 valence electrons. The smallest absolute Gasteiger partial charge is 0.127 e. The number of rotatable bonds is 5. The minimum Gasteiger partial charge on any atom is -0.393 e. The Hall–Kier alpha value is -1.15. The van der Waals surface area contributed by atoms with Crippen LogP contribution in [0.5, 0.6) is 0 Å². The second-order valence-electron chi connectivity index (χ2n) is 4.59. The molecule has 0 radical (unpaired) electrons. The molecule has 0 aliphatic carbocycles. The quantitative estimate of drug-likeness (QED) is 0.774. The molecule has 0 saturated carbocycles. The Morgan fingerprint density at radius 3 is 2.19 bits per heavy atom. The molecule has 16 heavy (non-hydrogen) atoms. The zero-order valence-electron chi connectivity index (χ0n) is 10.2. The van der Waals surface area contributed by atoms with Gasteiger partial charge in [0.25, 0.3) is 0 Å². The summed E-state index contributed by atoms with van der Waals surface area (Å²) in [5.41, 5.74) is 2.25. The number of aldehydes is 1. The molecule has 3 unspecified atom stereocenters. The summed E-state index contributed by atoms with van der Waals surface area (Å²) in [7, 11) is 0. The first-order valence-electron chi connectivity index (χ1n) is 5.76. The summed E-state index contributed by atoms with van der Waals surface area (Å²) < 4.78 is 0. The van der Waals surface area contributed by atoms with Gasteiger partial charge in [0.05, 0.1) is 6.10 Å². The van der Waals surface area contributed by atoms with E-state index in [0.717, 1.165) is 18.3 Å². The number of carbonyl (C=O) groups excluding carboxylic acids is 1. The van der Waals surface area contributed by atoms with Crippen molar-refractivity contribution in [2.24, 2.45) is 5.92 Å². The van der Waals surface area contributed by atoms with E-state index in [0.29, 0.717) is 0 Å². The predicted molar refractivity (Wildman–Crippen MR) is 65.5 cm³/mol. The fourth-order valence-corrected chi connectivity index (χ4v) is 1.58. The maximum absolute atomic E-state index is 10.6. The lowest BCUT2D eigenvalue weighted by Crippen LogP contribution is -2.15. The molecule has 1 aromatic rings. The van der Waals surface area contributed by atoms with Crippen molar-refractivity contribution in [1.82, 2.24) is 0 Å². The number of aliphatic hydroxyl groups excluding tert-OH is 1. The topological polar surface area (TPSA) is 37.3 Å². The van der Waals surface area contributed by atoms with E-state index in [-0.39, 0.29) is 17.9 Å². The van der Waals surface area contributed by atoms with Gasteiger partial charge in [0, 0.05) is 5.92 Å². The molecule has 0 saturated heterocycles. The zero-order chi connectivity index (χ0) is 12.1. The van der Waals surface area contributed by atoms with Gasteiger partial charge in [0.1, 0.15) is 6.29 Å². The summed E-state index contributed by atoms with van der Waals surface area (Å²) >= 11 is 0. The number of carbonyl (C=O) groups is 1. The van der Waals surface area contributed by atoms with Crippen molar-refractivity contribution in [3.05, 3.63) is 35.4 Å². The Balaban J connectivity index is 2.68. The molecule has 0 aromatic heterocycles. The molecule has 2 heteroatoms. The van der Waals surface area contributed by atoms with Gasteiger partial charge in [0.15, 0.2) is 0 Å². The molecule has 0 aliphatic rings. The average molecular weight is 220 g/mol. The highest BCUT2D eigenvalue weighted by Crippen LogP contribution is 2.16. The van der Waals surface area contributed by atoms with E-state index >= 15 is 0 Å². The van der Waals surface area contributed by atoms with Crippen molar-refractivity contribution in [3.8, 4) is 0 Å². The van der Waals surface area contributed by atoms with Gasteiger partial charge in [-0.15, -0.1) is 0 Å². The molecule has 0 fully saturated rings. The summed E-state index contributed by atoms with van der Waals surface area (Å²) in [5.74, 6) is 0.220. The number of hydrogen-bond donors (Lipinski definition) is 1. The van der Waals surface area contributed by atoms with Gasteiger partial charge < -0.3 is 9.90 Å². The monoisotopic (exact) mass is 220 g/mol. The predicted octanol–water partition coefficient (Wildman–Crippen LogP) is 2.55. The van der Waals surface area contributed by atoms with Gasteiger partial charge in [-0.2, -0.15) is 0 Å². The van der Waals surface area contributed by atoms with E-state index in [2.05, 4.69) is 0 Å². The third-order valence-corrected chi connectivity index (χ3v) is 3.09. The van der Waals surface area contributed by atoms with Crippen LogP contribution >= 0.6 is 0 Å². The third kappa shape index (κ3) is 3.46. The number of hydrogen-bond acceptors (Lipinski definition) is 2. The van der Waals surface area contributed by atoms with Crippen molar-refractivity contribution < 1.29 is 9.90 Å². The summed E-state index contributed by atoms with van der Waals surface area (Å²) in [6, 6.07) is 8.05. The summed E-state index contributed by atoms with van der Waals surface area (Å²) in [6.07, 6.45) is 1.54. The van der Waals surface area contributed by atoms with E-state index < -0.39 is 0 Å². The normalized spacial score (nSPS) is 16.5. The molecule has 3 atom stereocenters. The van der Waals surface area contributed by atoms with E-state index in [1.165, 1.54) is 5.56 Å². The standard InChI is InChI=1S/C14H20O2/c1-10(12(3)16)8-13-4-6-14(7-5-13)11(2)9-15/h4-7,9-12,16H,8H2,1-3H3. The van der Waals surface area contributed by atoms with Crippen molar-refractivity contribution >= 4 is 6.29 Å². The van der Waals surface area contributed by atoms with Crippen LogP contribution in [-0.4, -0.2) is 17.5 Å². The van der Waals surface area contributed by atoms with Crippen LogP contribution in [0.15, 0.2) is 24.3 Å². The summed E-state index contributed by atoms with van der Waals surface area (Å²) in [5, 5.41) is 9.42. The summed E-state index contributed by atoms with van der Waals surface area (Å²) in [4.78, 5) is 10.6. The molecule has 1 aromatic carbocycles. The Labute approximate surface area is 97.3 Å². The van der Waals surface area contributed by atoms with Crippen molar-refractivity contribution in [1.29, 1.82) is 0 Å². The van der Waals surface area contributed by atoms with Crippen LogP contribution in [0.25, 0.3) is 0 Å². The van der Waals surface area contributed by atoms with Crippen molar-refractivity contribution in [3.63, 3.8) is 0 Å². The minimum absolute atomic E-state index is 0.0387. The van der Waals surface area contributed by atoms with Gasteiger partial charge in [0.2, 0.25) is 0 Å². The molecular formula is C14H20O2. The first kappa shape index (κ1) is 12.9. The largest absolute Gasteiger partial charge is 0.393 e. The van der Waals surface area contributed by atoms with E-state index in [4.69, 9.17) is 0 Å². The van der Waals surface area contributed by atoms with Crippen LogP contribution < -0.4 is 0 Å². The van der Waals surface area contributed by atoms with E-state index in [1.54, 1.807) is 0 Å². The van der Waals surface area contributed by atoms with Crippen LogP contribution in [0.1, 0.15) is 37.8 Å². The Kier molecular flexibility index (Phi) is 4.69. The fourth-order valence-electron chi connectivity index (χ4n) is 1.58. The Morgan fingerprint density at radius 2 is 1.75 bits per heavy atom. The fraction of sp³-hybridized carbons (Fsp3) is 0.500. The lowest BCUT2D eigenvalue weighted by molar-refractivity contribution is -0.108. The molecule has 0 amide bonds. The van der Waals surface area contributed by atoms with Crippen molar-refractivity contribution in [2.75, 3.05) is 0 Å². The van der Waals surface area contributed by atoms with Gasteiger partial charge >= 0.3 is 0 Å². The highest BCUT2D eigenvalue weighted by molar-refractivity contribution is 5.61. The molecule has 1 N–H and O–H groups in total. The lowest BCUT2D eigenvalue weighted by Gasteiger charge is -2.14. The van der Waals surface area contributed by atoms with Crippen LogP contribution in [0, 0.1) is 5.92 Å². The van der Waals surface area contributed by atoms with Crippen LogP contribution in [-0.2, 0) is 11.2 Å². The van der Waals surface area contributed by atoms with Crippen LogP contribution in [0.4, 0.5) is 0 Å². The van der Waals surface area contributed by atoms with E-state index in [1.807, 2.05) is 45.0 Å². The molecule has 0 aliphatic heterocycles. The summed E-state index contributed by atoms with van der Waals surface area (Å²) in [6.45, 7) is 5.74. The first-order valence-corrected chi connectivity index (χ1v) is 5.76. The van der Waals surface area contributed by atoms with Gasteiger partial charge in [-0.25, -0.2) is 0 Å². The third-order valence-electron chi connectivity index (χ3n) is 3.09. The molecular weight excluding hydrogens is 200 g/mol. The highest BCUT2D eigenvalue weighted by Gasteiger charge is 2.10. The molecule has 0 spiro atoms. The Morgan fingerprint density at radius 1 is 1.19 bits per heavy atom. The maximum atomic E-state index is 10.6. The average Bonchev–Trinajstić information content (AvgIpc) is 2.28. The van der Waals surface area contributed by atoms with Crippen LogP contribution in [0.3, 0.4) is 0 Å². The molecule has 1 rings (SSSR count). The van der Waals surface area contributed by atoms with E-state index in [9.17, 15) is 9.90 Å². The molecule has 0 bridgehead atoms.